The van der Waals surface area contributed by atoms with Gasteiger partial charge in [-0.3, -0.25) is 4.79 Å². The van der Waals surface area contributed by atoms with E-state index < -0.39 is 18.1 Å². The number of carboxylic acid groups (broad SMARTS) is 1. The molecule has 134 valence electrons. The van der Waals surface area contributed by atoms with Crippen molar-refractivity contribution in [3.05, 3.63) is 54.2 Å². The Morgan fingerprint density at radius 1 is 1.04 bits per heavy atom. The third-order valence-electron chi connectivity index (χ3n) is 3.84. The summed E-state index contributed by atoms with van der Waals surface area (Å²) in [6, 6.07) is 10.3. The number of aliphatic carboxylic acids is 1. The molecule has 0 aliphatic carbocycles. The molecule has 0 spiro atoms. The lowest BCUT2D eigenvalue weighted by Gasteiger charge is -2.09. The van der Waals surface area contributed by atoms with Gasteiger partial charge in [0.25, 0.3) is 0 Å². The first kappa shape index (κ1) is 17.5. The second kappa shape index (κ2) is 6.21. The first-order valence-electron chi connectivity index (χ1n) is 7.36. The highest BCUT2D eigenvalue weighted by molar-refractivity contribution is 6.41. The minimum Gasteiger partial charge on any atom is -0.541 e. The normalized spacial score (nSPS) is 11.5. The molecule has 0 radical (unpaired) electrons. The molecule has 1 heterocycles. The highest BCUT2D eigenvalue weighted by Gasteiger charge is 2.30. The Morgan fingerprint density at radius 2 is 1.65 bits per heavy atom. The minimum absolute atomic E-state index is 0.0166. The molecule has 0 aliphatic rings. The van der Waals surface area contributed by atoms with Gasteiger partial charge >= 0.3 is 6.36 Å². The number of carbonyl (C=O) groups excluding carboxylic acids is 2. The number of ketones is 1. The Bertz CT molecular complexity index is 1000. The summed E-state index contributed by atoms with van der Waals surface area (Å²) in [4.78, 5) is 22.5. The van der Waals surface area contributed by atoms with Crippen molar-refractivity contribution < 1.29 is 32.6 Å². The average Bonchev–Trinajstić information content (AvgIpc) is 2.89. The topological polar surface area (TPSA) is 71.4 Å². The minimum atomic E-state index is -4.76. The van der Waals surface area contributed by atoms with Crippen LogP contribution in [-0.4, -0.2) is 22.7 Å². The SMILES string of the molecule is Cn1cc(C(=O)C(=O)[O-])c2ccc(-c3ccc(OC(F)(F)F)cc3)cc21. The van der Waals surface area contributed by atoms with Crippen molar-refractivity contribution in [1.29, 1.82) is 0 Å². The molecule has 0 unspecified atom stereocenters. The van der Waals surface area contributed by atoms with Crippen molar-refractivity contribution in [2.45, 2.75) is 6.36 Å². The maximum Gasteiger partial charge on any atom is 0.573 e. The van der Waals surface area contributed by atoms with Crippen LogP contribution in [-0.2, 0) is 11.8 Å². The highest BCUT2D eigenvalue weighted by Crippen LogP contribution is 2.30. The number of nitrogens with zero attached hydrogens (tertiary/aromatic N) is 1. The third kappa shape index (κ3) is 3.39. The number of fused-ring (bicyclic) bond motifs is 1. The fourth-order valence-corrected chi connectivity index (χ4v) is 2.70. The summed E-state index contributed by atoms with van der Waals surface area (Å²) in [5, 5.41) is 11.3. The van der Waals surface area contributed by atoms with Crippen molar-refractivity contribution in [3.63, 3.8) is 0 Å². The van der Waals surface area contributed by atoms with Crippen LogP contribution in [0.3, 0.4) is 0 Å². The Morgan fingerprint density at radius 3 is 2.23 bits per heavy atom. The molecule has 0 saturated heterocycles. The van der Waals surface area contributed by atoms with Crippen LogP contribution in [0.5, 0.6) is 5.75 Å². The van der Waals surface area contributed by atoms with E-state index in [0.717, 1.165) is 0 Å². The predicted molar refractivity (Wildman–Crippen MR) is 84.4 cm³/mol. The first-order valence-corrected chi connectivity index (χ1v) is 7.36. The third-order valence-corrected chi connectivity index (χ3v) is 3.84. The molecule has 0 aliphatic heterocycles. The van der Waals surface area contributed by atoms with E-state index in [2.05, 4.69) is 4.74 Å². The quantitative estimate of drug-likeness (QED) is 0.528. The van der Waals surface area contributed by atoms with E-state index in [9.17, 15) is 27.9 Å². The number of carbonyl (C=O) groups is 2. The van der Waals surface area contributed by atoms with E-state index >= 15 is 0 Å². The number of aryl methyl sites for hydroxylation is 1. The molecule has 2 aromatic carbocycles. The number of carboxylic acids is 1. The highest BCUT2D eigenvalue weighted by atomic mass is 19.4. The molecule has 1 aromatic heterocycles. The van der Waals surface area contributed by atoms with Gasteiger partial charge < -0.3 is 19.2 Å². The van der Waals surface area contributed by atoms with E-state index in [1.54, 1.807) is 29.8 Å². The second-order valence-electron chi connectivity index (χ2n) is 5.57. The summed E-state index contributed by atoms with van der Waals surface area (Å²) in [6.07, 6.45) is -3.36. The Balaban J connectivity index is 1.98. The Kier molecular flexibility index (Phi) is 4.19. The zero-order valence-electron chi connectivity index (χ0n) is 13.3. The standard InChI is InChI=1S/C18H12F3NO4/c1-22-9-14(16(23)17(24)25)13-7-4-11(8-15(13)22)10-2-5-12(6-3-10)26-18(19,20)21/h2-9H,1H3,(H,24,25)/p-1. The maximum atomic E-state index is 12.2. The number of alkyl halides is 3. The Labute approximate surface area is 145 Å². The van der Waals surface area contributed by atoms with Crippen molar-refractivity contribution in [3.8, 4) is 16.9 Å². The van der Waals surface area contributed by atoms with Gasteiger partial charge in [-0.15, -0.1) is 13.2 Å². The molecule has 0 saturated carbocycles. The zero-order chi connectivity index (χ0) is 19.1. The molecule has 5 nitrogen and oxygen atoms in total. The molecule has 0 bridgehead atoms. The molecule has 0 atom stereocenters. The summed E-state index contributed by atoms with van der Waals surface area (Å²) in [7, 11) is 1.65. The number of ether oxygens (including phenoxy) is 1. The average molecular weight is 362 g/mol. The molecule has 0 amide bonds. The molecule has 3 rings (SSSR count). The molecule has 26 heavy (non-hydrogen) atoms. The van der Waals surface area contributed by atoms with Gasteiger partial charge in [-0.1, -0.05) is 24.3 Å². The first-order chi connectivity index (χ1) is 12.2. The molecular weight excluding hydrogens is 351 g/mol. The number of rotatable bonds is 4. The van der Waals surface area contributed by atoms with Gasteiger partial charge in [-0.05, 0) is 29.3 Å². The van der Waals surface area contributed by atoms with Crippen molar-refractivity contribution >= 4 is 22.7 Å². The van der Waals surface area contributed by atoms with Gasteiger partial charge in [-0.25, -0.2) is 0 Å². The van der Waals surface area contributed by atoms with Crippen molar-refractivity contribution in [1.82, 2.24) is 4.57 Å². The van der Waals surface area contributed by atoms with Gasteiger partial charge in [0.05, 0.1) is 0 Å². The molecule has 3 aromatic rings. The fourth-order valence-electron chi connectivity index (χ4n) is 2.70. The van der Waals surface area contributed by atoms with Gasteiger partial charge in [-0.2, -0.15) is 0 Å². The van der Waals surface area contributed by atoms with E-state index in [1.165, 1.54) is 30.5 Å². The summed E-state index contributed by atoms with van der Waals surface area (Å²) in [6.45, 7) is 0. The van der Waals surface area contributed by atoms with Crippen LogP contribution in [0.4, 0.5) is 13.2 Å². The van der Waals surface area contributed by atoms with Gasteiger partial charge in [0.1, 0.15) is 11.7 Å². The van der Waals surface area contributed by atoms with E-state index in [4.69, 9.17) is 0 Å². The van der Waals surface area contributed by atoms with Crippen LogP contribution in [0.1, 0.15) is 10.4 Å². The van der Waals surface area contributed by atoms with Gasteiger partial charge in [0.15, 0.2) is 0 Å². The predicted octanol–water partition coefficient (Wildman–Crippen LogP) is 2.68. The largest absolute Gasteiger partial charge is 0.573 e. The smallest absolute Gasteiger partial charge is 0.541 e. The van der Waals surface area contributed by atoms with Crippen LogP contribution >= 0.6 is 0 Å². The lowest BCUT2D eigenvalue weighted by Crippen LogP contribution is -2.31. The van der Waals surface area contributed by atoms with Gasteiger partial charge in [0.2, 0.25) is 5.78 Å². The number of benzene rings is 2. The maximum absolute atomic E-state index is 12.2. The number of halogens is 3. The van der Waals surface area contributed by atoms with Crippen molar-refractivity contribution in [2.24, 2.45) is 7.05 Å². The lowest BCUT2D eigenvalue weighted by atomic mass is 10.0. The molecule has 0 fully saturated rings. The van der Waals surface area contributed by atoms with Gasteiger partial charge in [0, 0.05) is 29.7 Å². The number of Topliss-reactive ketones (excluding diaryl/α,β-unsaturated/α-hetero) is 1. The zero-order valence-corrected chi connectivity index (χ0v) is 13.3. The van der Waals surface area contributed by atoms with Crippen LogP contribution in [0, 0.1) is 0 Å². The number of aromatic nitrogens is 1. The summed E-state index contributed by atoms with van der Waals surface area (Å²) >= 11 is 0. The summed E-state index contributed by atoms with van der Waals surface area (Å²) < 4.78 is 42.1. The number of hydrogen-bond acceptors (Lipinski definition) is 4. The second-order valence-corrected chi connectivity index (χ2v) is 5.57. The monoisotopic (exact) mass is 362 g/mol. The lowest BCUT2D eigenvalue weighted by molar-refractivity contribution is -0.296. The molecule has 8 heteroatoms. The summed E-state index contributed by atoms with van der Waals surface area (Å²) in [5.41, 5.74) is 1.94. The van der Waals surface area contributed by atoms with E-state index in [1.807, 2.05) is 0 Å². The van der Waals surface area contributed by atoms with E-state index in [0.29, 0.717) is 22.0 Å². The summed E-state index contributed by atoms with van der Waals surface area (Å²) in [5.74, 6) is -3.23. The fraction of sp³-hybridized carbons (Fsp3) is 0.111. The van der Waals surface area contributed by atoms with Crippen LogP contribution in [0.25, 0.3) is 22.0 Å². The number of hydrogen-bond donors (Lipinski definition) is 0. The van der Waals surface area contributed by atoms with Crippen LogP contribution < -0.4 is 9.84 Å². The molecular formula is C18H11F3NO4-. The van der Waals surface area contributed by atoms with Crippen molar-refractivity contribution in [2.75, 3.05) is 0 Å². The van der Waals surface area contributed by atoms with Crippen LogP contribution in [0.2, 0.25) is 0 Å². The van der Waals surface area contributed by atoms with E-state index in [-0.39, 0.29) is 11.3 Å². The molecule has 0 N–H and O–H groups in total. The van der Waals surface area contributed by atoms with Crippen LogP contribution in [0.15, 0.2) is 48.7 Å². The Hall–Kier alpha value is -3.29.